The van der Waals surface area contributed by atoms with Gasteiger partial charge < -0.3 is 15.4 Å². The molecule has 3 rings (SSSR count). The highest BCUT2D eigenvalue weighted by molar-refractivity contribution is 5.95. The third-order valence-electron chi connectivity index (χ3n) is 5.44. The molecule has 0 saturated carbocycles. The highest BCUT2D eigenvalue weighted by Crippen LogP contribution is 2.35. The van der Waals surface area contributed by atoms with Crippen LogP contribution in [0.15, 0.2) is 60.7 Å². The first-order chi connectivity index (χ1) is 14.5. The summed E-state index contributed by atoms with van der Waals surface area (Å²) in [4.78, 5) is 39.4. The standard InChI is InChI=1S/C23H27N3O4/c1-17(20(27)24-2)25-21(28)23(15-18-9-5-3-6-10-18)13-14-26(23)22(29)30-16-19-11-7-4-8-12-19/h3-12,17H,13-16H2,1-2H3,(H,24,27)(H,25,28)/t17-,23?/m0/s1. The predicted molar refractivity (Wildman–Crippen MR) is 112 cm³/mol. The zero-order valence-corrected chi connectivity index (χ0v) is 17.3. The number of nitrogens with one attached hydrogen (secondary N) is 2. The normalized spacial score (nSPS) is 18.7. The van der Waals surface area contributed by atoms with E-state index >= 15 is 0 Å². The lowest BCUT2D eigenvalue weighted by Crippen LogP contribution is -2.71. The summed E-state index contributed by atoms with van der Waals surface area (Å²) in [6.45, 7) is 2.17. The number of hydrogen-bond donors (Lipinski definition) is 2. The molecule has 1 heterocycles. The van der Waals surface area contributed by atoms with Crippen LogP contribution in [0, 0.1) is 0 Å². The summed E-state index contributed by atoms with van der Waals surface area (Å²) in [5.41, 5.74) is 0.718. The van der Waals surface area contributed by atoms with E-state index in [0.29, 0.717) is 19.4 Å². The molecule has 1 saturated heterocycles. The lowest BCUT2D eigenvalue weighted by molar-refractivity contribution is -0.143. The van der Waals surface area contributed by atoms with Crippen LogP contribution in [0.4, 0.5) is 4.79 Å². The average molecular weight is 409 g/mol. The highest BCUT2D eigenvalue weighted by atomic mass is 16.6. The van der Waals surface area contributed by atoms with Crippen molar-refractivity contribution in [3.8, 4) is 0 Å². The fraction of sp³-hybridized carbons (Fsp3) is 0.348. The monoisotopic (exact) mass is 409 g/mol. The van der Waals surface area contributed by atoms with Gasteiger partial charge in [0.05, 0.1) is 0 Å². The molecule has 0 aliphatic carbocycles. The smallest absolute Gasteiger partial charge is 0.411 e. The van der Waals surface area contributed by atoms with Gasteiger partial charge in [-0.05, 0) is 24.5 Å². The molecule has 158 valence electrons. The van der Waals surface area contributed by atoms with Crippen LogP contribution in [-0.4, -0.2) is 48.0 Å². The lowest BCUT2D eigenvalue weighted by Gasteiger charge is -2.50. The number of likely N-dealkylation sites (N-methyl/N-ethyl adjacent to an activating group) is 1. The van der Waals surface area contributed by atoms with Crippen molar-refractivity contribution in [3.05, 3.63) is 71.8 Å². The van der Waals surface area contributed by atoms with E-state index in [2.05, 4.69) is 10.6 Å². The third-order valence-corrected chi connectivity index (χ3v) is 5.44. The van der Waals surface area contributed by atoms with Gasteiger partial charge in [-0.2, -0.15) is 0 Å². The lowest BCUT2D eigenvalue weighted by atomic mass is 9.78. The van der Waals surface area contributed by atoms with Crippen molar-refractivity contribution in [2.75, 3.05) is 13.6 Å². The van der Waals surface area contributed by atoms with Crippen LogP contribution in [0.5, 0.6) is 0 Å². The number of hydrogen-bond acceptors (Lipinski definition) is 4. The van der Waals surface area contributed by atoms with Crippen molar-refractivity contribution in [2.45, 2.75) is 38.0 Å². The highest BCUT2D eigenvalue weighted by Gasteiger charge is 2.54. The average Bonchev–Trinajstić information content (AvgIpc) is 2.75. The van der Waals surface area contributed by atoms with Crippen molar-refractivity contribution in [1.82, 2.24) is 15.5 Å². The van der Waals surface area contributed by atoms with Crippen LogP contribution >= 0.6 is 0 Å². The van der Waals surface area contributed by atoms with E-state index in [4.69, 9.17) is 4.74 Å². The van der Waals surface area contributed by atoms with Crippen LogP contribution < -0.4 is 10.6 Å². The molecule has 7 nitrogen and oxygen atoms in total. The predicted octanol–water partition coefficient (Wildman–Crippen LogP) is 2.26. The summed E-state index contributed by atoms with van der Waals surface area (Å²) >= 11 is 0. The van der Waals surface area contributed by atoms with Crippen LogP contribution in [0.25, 0.3) is 0 Å². The Morgan fingerprint density at radius 2 is 1.63 bits per heavy atom. The van der Waals surface area contributed by atoms with Gasteiger partial charge in [0.25, 0.3) is 0 Å². The molecule has 1 unspecified atom stereocenters. The molecule has 0 bridgehead atoms. The van der Waals surface area contributed by atoms with Gasteiger partial charge in [0, 0.05) is 20.0 Å². The molecular formula is C23H27N3O4. The Morgan fingerprint density at radius 3 is 2.17 bits per heavy atom. The van der Waals surface area contributed by atoms with E-state index in [9.17, 15) is 14.4 Å². The summed E-state index contributed by atoms with van der Waals surface area (Å²) in [5, 5.41) is 5.27. The van der Waals surface area contributed by atoms with E-state index in [1.165, 1.54) is 11.9 Å². The Balaban J connectivity index is 1.77. The van der Waals surface area contributed by atoms with Crippen LogP contribution in [0.3, 0.4) is 0 Å². The fourth-order valence-corrected chi connectivity index (χ4v) is 3.60. The molecule has 0 aromatic heterocycles. The van der Waals surface area contributed by atoms with Crippen LogP contribution in [0.1, 0.15) is 24.5 Å². The SMILES string of the molecule is CNC(=O)[C@H](C)NC(=O)C1(Cc2ccccc2)CCN1C(=O)OCc1ccccc1. The number of likely N-dealkylation sites (tertiary alicyclic amines) is 1. The number of carbonyl (C=O) groups excluding carboxylic acids is 3. The van der Waals surface area contributed by atoms with E-state index in [0.717, 1.165) is 11.1 Å². The number of amides is 3. The molecule has 2 N–H and O–H groups in total. The van der Waals surface area contributed by atoms with E-state index < -0.39 is 17.7 Å². The van der Waals surface area contributed by atoms with Crippen LogP contribution in [0.2, 0.25) is 0 Å². The van der Waals surface area contributed by atoms with Gasteiger partial charge in [-0.25, -0.2) is 4.79 Å². The van der Waals surface area contributed by atoms with Crippen molar-refractivity contribution >= 4 is 17.9 Å². The molecule has 30 heavy (non-hydrogen) atoms. The van der Waals surface area contributed by atoms with Gasteiger partial charge in [-0.1, -0.05) is 60.7 Å². The summed E-state index contributed by atoms with van der Waals surface area (Å²) < 4.78 is 5.48. The van der Waals surface area contributed by atoms with Gasteiger partial charge in [0.15, 0.2) is 0 Å². The fourth-order valence-electron chi connectivity index (χ4n) is 3.60. The molecule has 2 atom stereocenters. The maximum Gasteiger partial charge on any atom is 0.411 e. The first-order valence-electron chi connectivity index (χ1n) is 10.0. The summed E-state index contributed by atoms with van der Waals surface area (Å²) in [6, 6.07) is 18.2. The first kappa shape index (κ1) is 21.4. The minimum absolute atomic E-state index is 0.133. The molecule has 0 spiro atoms. The van der Waals surface area contributed by atoms with Gasteiger partial charge in [0.2, 0.25) is 11.8 Å². The van der Waals surface area contributed by atoms with Gasteiger partial charge >= 0.3 is 6.09 Å². The molecule has 3 amide bonds. The van der Waals surface area contributed by atoms with Crippen molar-refractivity contribution in [1.29, 1.82) is 0 Å². The largest absolute Gasteiger partial charge is 0.445 e. The van der Waals surface area contributed by atoms with E-state index in [-0.39, 0.29) is 18.4 Å². The second-order valence-electron chi connectivity index (χ2n) is 7.45. The van der Waals surface area contributed by atoms with Crippen molar-refractivity contribution in [2.24, 2.45) is 0 Å². The molecule has 1 aliphatic heterocycles. The Morgan fingerprint density at radius 1 is 1.03 bits per heavy atom. The third kappa shape index (κ3) is 4.62. The molecule has 7 heteroatoms. The summed E-state index contributed by atoms with van der Waals surface area (Å²) in [6.07, 6.45) is 0.304. The molecule has 0 radical (unpaired) electrons. The summed E-state index contributed by atoms with van der Waals surface area (Å²) in [7, 11) is 1.52. The van der Waals surface area contributed by atoms with E-state index in [1.807, 2.05) is 60.7 Å². The number of benzene rings is 2. The quantitative estimate of drug-likeness (QED) is 0.734. The number of ether oxygens (including phenoxy) is 1. The summed E-state index contributed by atoms with van der Waals surface area (Å²) in [5.74, 6) is -0.652. The molecular weight excluding hydrogens is 382 g/mol. The number of nitrogens with zero attached hydrogens (tertiary/aromatic N) is 1. The molecule has 2 aromatic rings. The Bertz CT molecular complexity index is 888. The maximum atomic E-state index is 13.2. The molecule has 1 fully saturated rings. The van der Waals surface area contributed by atoms with Crippen LogP contribution in [-0.2, 0) is 27.4 Å². The molecule has 1 aliphatic rings. The Kier molecular flexibility index (Phi) is 6.72. The van der Waals surface area contributed by atoms with Crippen molar-refractivity contribution in [3.63, 3.8) is 0 Å². The zero-order valence-electron chi connectivity index (χ0n) is 17.3. The first-order valence-corrected chi connectivity index (χ1v) is 10.0. The molecule has 2 aromatic carbocycles. The topological polar surface area (TPSA) is 87.7 Å². The number of carbonyl (C=O) groups is 3. The Hall–Kier alpha value is -3.35. The van der Waals surface area contributed by atoms with E-state index in [1.54, 1.807) is 6.92 Å². The Labute approximate surface area is 176 Å². The van der Waals surface area contributed by atoms with Gasteiger partial charge in [0.1, 0.15) is 18.2 Å². The second-order valence-corrected chi connectivity index (χ2v) is 7.45. The number of rotatable bonds is 7. The van der Waals surface area contributed by atoms with Gasteiger partial charge in [-0.15, -0.1) is 0 Å². The minimum Gasteiger partial charge on any atom is -0.445 e. The maximum absolute atomic E-state index is 13.2. The van der Waals surface area contributed by atoms with Gasteiger partial charge in [-0.3, -0.25) is 14.5 Å². The minimum atomic E-state index is -1.09. The second kappa shape index (κ2) is 9.43. The zero-order chi connectivity index (χ0) is 21.6. The van der Waals surface area contributed by atoms with Crippen molar-refractivity contribution < 1.29 is 19.1 Å².